The van der Waals surface area contributed by atoms with Gasteiger partial charge in [-0.1, -0.05) is 36.4 Å². The van der Waals surface area contributed by atoms with Crippen LogP contribution in [0.15, 0.2) is 52.7 Å². The van der Waals surface area contributed by atoms with E-state index in [4.69, 9.17) is 4.98 Å². The van der Waals surface area contributed by atoms with Gasteiger partial charge in [0.2, 0.25) is 0 Å². The Morgan fingerprint density at radius 1 is 0.931 bits per heavy atom. The van der Waals surface area contributed by atoms with Gasteiger partial charge in [-0.2, -0.15) is 0 Å². The third kappa shape index (κ3) is 2.91. The van der Waals surface area contributed by atoms with Crippen LogP contribution in [0.3, 0.4) is 0 Å². The summed E-state index contributed by atoms with van der Waals surface area (Å²) in [5.74, 6) is 2.54. The molecule has 4 saturated carbocycles. The van der Waals surface area contributed by atoms with Gasteiger partial charge in [-0.05, 0) is 67.7 Å². The van der Waals surface area contributed by atoms with Crippen LogP contribution in [-0.2, 0) is 15.4 Å². The Kier molecular flexibility index (Phi) is 3.88. The topological polar surface area (TPSA) is 59.1 Å². The lowest BCUT2D eigenvalue weighted by Crippen LogP contribution is -2.48. The molecule has 4 aliphatic rings. The van der Waals surface area contributed by atoms with Gasteiger partial charge < -0.3 is 0 Å². The van der Waals surface area contributed by atoms with Gasteiger partial charge in [0, 0.05) is 16.2 Å². The maximum atomic E-state index is 13.1. The summed E-state index contributed by atoms with van der Waals surface area (Å²) in [7, 11) is -3.68. The van der Waals surface area contributed by atoms with Crippen molar-refractivity contribution in [2.75, 3.05) is 4.72 Å². The number of hydrogen-bond donors (Lipinski definition) is 1. The maximum Gasteiger partial charge on any atom is 0.264 e. The van der Waals surface area contributed by atoms with Crippen molar-refractivity contribution in [3.63, 3.8) is 0 Å². The fourth-order valence-corrected chi connectivity index (χ4v) is 8.91. The minimum Gasteiger partial charge on any atom is -0.255 e. The van der Waals surface area contributed by atoms with Crippen LogP contribution >= 0.6 is 11.3 Å². The second kappa shape index (κ2) is 6.29. The molecule has 1 heterocycles. The van der Waals surface area contributed by atoms with Crippen molar-refractivity contribution in [2.24, 2.45) is 17.8 Å². The van der Waals surface area contributed by atoms with Crippen LogP contribution in [0.4, 0.5) is 5.13 Å². The van der Waals surface area contributed by atoms with Gasteiger partial charge in [-0.25, -0.2) is 13.4 Å². The van der Waals surface area contributed by atoms with Gasteiger partial charge in [-0.3, -0.25) is 4.72 Å². The quantitative estimate of drug-likeness (QED) is 0.596. The van der Waals surface area contributed by atoms with Crippen LogP contribution < -0.4 is 4.72 Å². The number of anilines is 1. The molecule has 0 atom stereocenters. The molecule has 150 valence electrons. The predicted molar refractivity (Wildman–Crippen MR) is 117 cm³/mol. The van der Waals surface area contributed by atoms with Gasteiger partial charge in [0.05, 0.1) is 10.6 Å². The first kappa shape index (κ1) is 17.9. The number of aromatic nitrogens is 1. The van der Waals surface area contributed by atoms with E-state index in [2.05, 4.69) is 10.1 Å². The van der Waals surface area contributed by atoms with E-state index in [1.165, 1.54) is 49.9 Å². The number of fused-ring (bicyclic) bond motifs is 1. The van der Waals surface area contributed by atoms with Crippen molar-refractivity contribution in [2.45, 2.75) is 48.8 Å². The molecular weight excluding hydrogens is 400 g/mol. The lowest BCUT2D eigenvalue weighted by molar-refractivity contribution is -0.00688. The predicted octanol–water partition coefficient (Wildman–Crippen LogP) is 5.56. The number of nitrogens with zero attached hydrogens (tertiary/aromatic N) is 1. The van der Waals surface area contributed by atoms with Crippen molar-refractivity contribution in [3.8, 4) is 0 Å². The van der Waals surface area contributed by atoms with E-state index >= 15 is 0 Å². The molecule has 3 aromatic rings. The molecule has 1 aromatic heterocycles. The number of nitrogens with one attached hydrogen (secondary N) is 1. The standard InChI is InChI=1S/C23H24N2O2S2/c26-29(27,20-7-3-5-18-4-1-2-6-19(18)20)25-22-24-21(14-28-22)23-11-15-8-16(12-23)10-17(9-15)13-23/h1-7,14-17H,8-13H2,(H,24,25). The van der Waals surface area contributed by atoms with Crippen molar-refractivity contribution in [1.82, 2.24) is 4.98 Å². The highest BCUT2D eigenvalue weighted by Crippen LogP contribution is 2.60. The lowest BCUT2D eigenvalue weighted by atomic mass is 9.49. The molecule has 0 saturated heterocycles. The second-order valence-corrected chi connectivity index (χ2v) is 11.8. The smallest absolute Gasteiger partial charge is 0.255 e. The summed E-state index contributed by atoms with van der Waals surface area (Å²) in [5.41, 5.74) is 1.31. The zero-order valence-corrected chi connectivity index (χ0v) is 17.8. The van der Waals surface area contributed by atoms with E-state index in [9.17, 15) is 8.42 Å². The second-order valence-electron chi connectivity index (χ2n) is 9.32. The highest BCUT2D eigenvalue weighted by Gasteiger charge is 2.52. The molecular formula is C23H24N2O2S2. The molecule has 4 fully saturated rings. The lowest BCUT2D eigenvalue weighted by Gasteiger charge is -2.56. The Balaban J connectivity index is 1.32. The first-order valence-electron chi connectivity index (χ1n) is 10.5. The minimum absolute atomic E-state index is 0.189. The van der Waals surface area contributed by atoms with Gasteiger partial charge in [0.25, 0.3) is 10.0 Å². The van der Waals surface area contributed by atoms with E-state index in [1.54, 1.807) is 12.1 Å². The van der Waals surface area contributed by atoms with Crippen LogP contribution in [0, 0.1) is 17.8 Å². The Labute approximate surface area is 175 Å². The summed E-state index contributed by atoms with van der Waals surface area (Å²) < 4.78 is 29.0. The van der Waals surface area contributed by atoms with Crippen LogP contribution in [0.25, 0.3) is 10.8 Å². The van der Waals surface area contributed by atoms with Crippen LogP contribution in [0.2, 0.25) is 0 Å². The van der Waals surface area contributed by atoms with Gasteiger partial charge >= 0.3 is 0 Å². The molecule has 4 nitrogen and oxygen atoms in total. The van der Waals surface area contributed by atoms with E-state index in [-0.39, 0.29) is 5.41 Å². The van der Waals surface area contributed by atoms with Crippen molar-refractivity contribution in [3.05, 3.63) is 53.5 Å². The van der Waals surface area contributed by atoms with E-state index in [0.29, 0.717) is 10.0 Å². The number of thiazole rings is 1. The average molecular weight is 425 g/mol. The van der Waals surface area contributed by atoms with Crippen LogP contribution in [0.5, 0.6) is 0 Å². The molecule has 0 aliphatic heterocycles. The molecule has 1 N–H and O–H groups in total. The molecule has 2 aromatic carbocycles. The average Bonchev–Trinajstić information content (AvgIpc) is 3.15. The molecule has 0 radical (unpaired) electrons. The Bertz CT molecular complexity index is 1160. The van der Waals surface area contributed by atoms with Crippen molar-refractivity contribution in [1.29, 1.82) is 0 Å². The summed E-state index contributed by atoms with van der Waals surface area (Å²) >= 11 is 1.42. The monoisotopic (exact) mass is 424 g/mol. The third-order valence-electron chi connectivity index (χ3n) is 7.35. The number of rotatable bonds is 4. The Morgan fingerprint density at radius 2 is 1.59 bits per heavy atom. The summed E-state index contributed by atoms with van der Waals surface area (Å²) in [6, 6.07) is 13.0. The van der Waals surface area contributed by atoms with Crippen molar-refractivity contribution < 1.29 is 8.42 Å². The molecule has 29 heavy (non-hydrogen) atoms. The third-order valence-corrected chi connectivity index (χ3v) is 9.63. The van der Waals surface area contributed by atoms with E-state index < -0.39 is 10.0 Å². The maximum absolute atomic E-state index is 13.1. The molecule has 0 amide bonds. The molecule has 0 unspecified atom stereocenters. The summed E-state index contributed by atoms with van der Waals surface area (Å²) in [6.45, 7) is 0. The zero-order chi connectivity index (χ0) is 19.6. The molecule has 4 bridgehead atoms. The van der Waals surface area contributed by atoms with Crippen LogP contribution in [-0.4, -0.2) is 13.4 Å². The first-order chi connectivity index (χ1) is 14.0. The van der Waals surface area contributed by atoms with Gasteiger partial charge in [-0.15, -0.1) is 11.3 Å². The number of sulfonamides is 1. The normalized spacial score (nSPS) is 30.7. The largest absolute Gasteiger partial charge is 0.264 e. The van der Waals surface area contributed by atoms with Crippen molar-refractivity contribution >= 4 is 37.3 Å². The number of hydrogen-bond acceptors (Lipinski definition) is 4. The molecule has 0 spiro atoms. The van der Waals surface area contributed by atoms with Crippen LogP contribution in [0.1, 0.15) is 44.2 Å². The number of benzene rings is 2. The van der Waals surface area contributed by atoms with E-state index in [0.717, 1.165) is 34.2 Å². The zero-order valence-electron chi connectivity index (χ0n) is 16.2. The highest BCUT2D eigenvalue weighted by atomic mass is 32.2. The SMILES string of the molecule is O=S(=O)(Nc1nc(C23CC4CC(CC(C4)C2)C3)cs1)c1cccc2ccccc12. The molecule has 7 rings (SSSR count). The highest BCUT2D eigenvalue weighted by molar-refractivity contribution is 7.93. The summed E-state index contributed by atoms with van der Waals surface area (Å²) in [5, 5.41) is 4.25. The molecule has 6 heteroatoms. The molecule has 4 aliphatic carbocycles. The minimum atomic E-state index is -3.68. The fourth-order valence-electron chi connectivity index (χ4n) is 6.59. The summed E-state index contributed by atoms with van der Waals surface area (Å²) in [6.07, 6.45) is 7.88. The Morgan fingerprint density at radius 3 is 2.31 bits per heavy atom. The summed E-state index contributed by atoms with van der Waals surface area (Å²) in [4.78, 5) is 5.13. The van der Waals surface area contributed by atoms with Gasteiger partial charge in [0.15, 0.2) is 5.13 Å². The fraction of sp³-hybridized carbons (Fsp3) is 0.435. The van der Waals surface area contributed by atoms with Gasteiger partial charge in [0.1, 0.15) is 0 Å². The Hall–Kier alpha value is -1.92. The first-order valence-corrected chi connectivity index (χ1v) is 12.8. The van der Waals surface area contributed by atoms with E-state index in [1.807, 2.05) is 30.3 Å².